The van der Waals surface area contributed by atoms with Crippen LogP contribution in [-0.2, 0) is 25.9 Å². The van der Waals surface area contributed by atoms with Gasteiger partial charge in [0.05, 0.1) is 38.0 Å². The Hall–Kier alpha value is -3.02. The fourth-order valence-corrected chi connectivity index (χ4v) is 5.85. The van der Waals surface area contributed by atoms with Crippen LogP contribution in [0.5, 0.6) is 0 Å². The van der Waals surface area contributed by atoms with Gasteiger partial charge in [-0.3, -0.25) is 4.39 Å². The molecule has 0 saturated heterocycles. The van der Waals surface area contributed by atoms with E-state index in [-0.39, 0.29) is 35.2 Å². The number of sulfonamides is 1. The van der Waals surface area contributed by atoms with Crippen LogP contribution in [-0.4, -0.2) is 53.9 Å². The standard InChI is InChI=1S/C27H35FN2O6SSi/c1-18-19(2)29-36-26(18)30(17-35-20(3)38(5,6)7)37(32,33)25-11-9-8-10-24(25)23-13-12-22(27(31)34-4)16-21(23)14-15-28/h8-13,16,20H,14-15,17H2,1-7H3. The summed E-state index contributed by atoms with van der Waals surface area (Å²) in [5, 5.41) is 3.96. The van der Waals surface area contributed by atoms with E-state index in [1.807, 2.05) is 6.92 Å². The first-order valence-electron chi connectivity index (χ1n) is 12.3. The van der Waals surface area contributed by atoms with Gasteiger partial charge in [-0.15, -0.1) is 0 Å². The maximum Gasteiger partial charge on any atom is 0.337 e. The summed E-state index contributed by atoms with van der Waals surface area (Å²) in [7, 11) is -4.71. The van der Waals surface area contributed by atoms with Crippen molar-refractivity contribution in [2.45, 2.75) is 57.5 Å². The summed E-state index contributed by atoms with van der Waals surface area (Å²) in [6.07, 6.45) is -0.00446. The van der Waals surface area contributed by atoms with Crippen molar-refractivity contribution < 1.29 is 31.6 Å². The number of methoxy groups -OCH3 is 1. The number of aryl methyl sites for hydroxylation is 2. The van der Waals surface area contributed by atoms with Gasteiger partial charge in [0.15, 0.2) is 0 Å². The van der Waals surface area contributed by atoms with Gasteiger partial charge < -0.3 is 14.0 Å². The van der Waals surface area contributed by atoms with Crippen LogP contribution in [0.2, 0.25) is 19.6 Å². The fourth-order valence-electron chi connectivity index (χ4n) is 3.75. The molecule has 1 aromatic heterocycles. The molecule has 0 amide bonds. The predicted molar refractivity (Wildman–Crippen MR) is 147 cm³/mol. The first-order chi connectivity index (χ1) is 17.8. The average Bonchev–Trinajstić information content (AvgIpc) is 3.20. The number of rotatable bonds is 11. The Morgan fingerprint density at radius 3 is 2.39 bits per heavy atom. The molecule has 1 unspecified atom stereocenters. The van der Waals surface area contributed by atoms with Gasteiger partial charge >= 0.3 is 5.97 Å². The molecule has 0 N–H and O–H groups in total. The highest BCUT2D eigenvalue weighted by atomic mass is 32.2. The van der Waals surface area contributed by atoms with Crippen LogP contribution < -0.4 is 4.31 Å². The minimum atomic E-state index is -4.24. The maximum absolute atomic E-state index is 14.3. The quantitative estimate of drug-likeness (QED) is 0.168. The molecule has 0 aliphatic carbocycles. The summed E-state index contributed by atoms with van der Waals surface area (Å²) in [6.45, 7) is 10.9. The van der Waals surface area contributed by atoms with Crippen molar-refractivity contribution in [2.24, 2.45) is 0 Å². The SMILES string of the molecule is COC(=O)c1ccc(-c2ccccc2S(=O)(=O)N(COC(C)[Si](C)(C)C)c2onc(C)c2C)c(CCF)c1. The zero-order chi connectivity index (χ0) is 28.3. The van der Waals surface area contributed by atoms with E-state index in [2.05, 4.69) is 24.8 Å². The number of benzene rings is 2. The molecular formula is C27H35FN2O6SSi. The Morgan fingerprint density at radius 1 is 1.13 bits per heavy atom. The number of nitrogens with zero attached hydrogens (tertiary/aromatic N) is 2. The summed E-state index contributed by atoms with van der Waals surface area (Å²) in [4.78, 5) is 12.1. The second-order valence-electron chi connectivity index (χ2n) is 10.2. The number of carbonyl (C=O) groups is 1. The normalized spacial score (nSPS) is 12.8. The van der Waals surface area contributed by atoms with Crippen molar-refractivity contribution in [2.75, 3.05) is 24.8 Å². The van der Waals surface area contributed by atoms with Gasteiger partial charge in [0, 0.05) is 23.3 Å². The van der Waals surface area contributed by atoms with Crippen LogP contribution in [0.1, 0.15) is 34.1 Å². The summed E-state index contributed by atoms with van der Waals surface area (Å²) in [5.74, 6) is -0.487. The van der Waals surface area contributed by atoms with Gasteiger partial charge in [-0.05, 0) is 50.1 Å². The highest BCUT2D eigenvalue weighted by molar-refractivity contribution is 7.93. The van der Waals surface area contributed by atoms with E-state index >= 15 is 0 Å². The molecule has 0 saturated carbocycles. The summed E-state index contributed by atoms with van der Waals surface area (Å²) >= 11 is 0. The minimum absolute atomic E-state index is 0.00446. The van der Waals surface area contributed by atoms with Crippen molar-refractivity contribution in [3.63, 3.8) is 0 Å². The van der Waals surface area contributed by atoms with E-state index in [1.54, 1.807) is 38.1 Å². The third-order valence-electron chi connectivity index (χ3n) is 6.66. The Balaban J connectivity index is 2.17. The number of esters is 1. The third kappa shape index (κ3) is 6.16. The molecule has 8 nitrogen and oxygen atoms in total. The Kier molecular flexibility index (Phi) is 9.16. The van der Waals surface area contributed by atoms with Crippen molar-refractivity contribution in [3.05, 3.63) is 64.8 Å². The second-order valence-corrected chi connectivity index (χ2v) is 17.5. The van der Waals surface area contributed by atoms with E-state index in [9.17, 15) is 17.6 Å². The van der Waals surface area contributed by atoms with Crippen molar-refractivity contribution in [3.8, 4) is 11.1 Å². The molecule has 1 atom stereocenters. The molecule has 0 aliphatic heterocycles. The second kappa shape index (κ2) is 11.8. The number of ether oxygens (including phenoxy) is 2. The van der Waals surface area contributed by atoms with Crippen LogP contribution in [0.15, 0.2) is 51.9 Å². The average molecular weight is 563 g/mol. The Morgan fingerprint density at radius 2 is 1.82 bits per heavy atom. The number of alkyl halides is 1. The van der Waals surface area contributed by atoms with Gasteiger partial charge in [-0.2, -0.15) is 0 Å². The van der Waals surface area contributed by atoms with Crippen LogP contribution in [0.3, 0.4) is 0 Å². The lowest BCUT2D eigenvalue weighted by Crippen LogP contribution is -2.42. The molecule has 206 valence electrons. The number of aromatic nitrogens is 1. The number of halogens is 1. The highest BCUT2D eigenvalue weighted by Crippen LogP contribution is 2.36. The van der Waals surface area contributed by atoms with E-state index in [0.717, 1.165) is 4.31 Å². The van der Waals surface area contributed by atoms with Gasteiger partial charge in [0.1, 0.15) is 6.73 Å². The molecule has 38 heavy (non-hydrogen) atoms. The lowest BCUT2D eigenvalue weighted by atomic mass is 9.96. The zero-order valence-corrected chi connectivity index (χ0v) is 24.7. The van der Waals surface area contributed by atoms with E-state index in [0.29, 0.717) is 27.9 Å². The molecule has 3 rings (SSSR count). The molecular weight excluding hydrogens is 527 g/mol. The molecule has 2 aromatic carbocycles. The first-order valence-corrected chi connectivity index (χ1v) is 17.3. The number of hydrogen-bond donors (Lipinski definition) is 0. The molecule has 0 bridgehead atoms. The number of carbonyl (C=O) groups excluding carboxylic acids is 1. The highest BCUT2D eigenvalue weighted by Gasteiger charge is 2.34. The van der Waals surface area contributed by atoms with E-state index < -0.39 is 30.7 Å². The van der Waals surface area contributed by atoms with Gasteiger partial charge in [-0.25, -0.2) is 17.5 Å². The molecule has 11 heteroatoms. The van der Waals surface area contributed by atoms with E-state index in [4.69, 9.17) is 14.0 Å². The summed E-state index contributed by atoms with van der Waals surface area (Å²) in [5.41, 5.74) is 2.61. The van der Waals surface area contributed by atoms with Crippen LogP contribution >= 0.6 is 0 Å². The summed E-state index contributed by atoms with van der Waals surface area (Å²) in [6, 6.07) is 11.2. The molecule has 0 radical (unpaired) electrons. The maximum atomic E-state index is 14.3. The lowest BCUT2D eigenvalue weighted by molar-refractivity contribution is 0.0600. The fraction of sp³-hybridized carbons (Fsp3) is 0.407. The molecule has 0 fully saturated rings. The van der Waals surface area contributed by atoms with Crippen LogP contribution in [0, 0.1) is 13.8 Å². The van der Waals surface area contributed by atoms with E-state index in [1.165, 1.54) is 25.3 Å². The first kappa shape index (κ1) is 29.5. The van der Waals surface area contributed by atoms with Gasteiger partial charge in [0.2, 0.25) is 5.88 Å². The van der Waals surface area contributed by atoms with Crippen molar-refractivity contribution in [1.29, 1.82) is 0 Å². The third-order valence-corrected chi connectivity index (χ3v) is 11.0. The molecule has 3 aromatic rings. The molecule has 0 aliphatic rings. The van der Waals surface area contributed by atoms with Crippen LogP contribution in [0.25, 0.3) is 11.1 Å². The predicted octanol–water partition coefficient (Wildman–Crippen LogP) is 5.69. The number of hydrogen-bond acceptors (Lipinski definition) is 7. The zero-order valence-electron chi connectivity index (χ0n) is 22.9. The van der Waals surface area contributed by atoms with Gasteiger partial charge in [0.25, 0.3) is 10.0 Å². The topological polar surface area (TPSA) is 98.9 Å². The molecule has 1 heterocycles. The van der Waals surface area contributed by atoms with Crippen molar-refractivity contribution in [1.82, 2.24) is 5.16 Å². The monoisotopic (exact) mass is 562 g/mol. The largest absolute Gasteiger partial charge is 0.465 e. The molecule has 0 spiro atoms. The minimum Gasteiger partial charge on any atom is -0.465 e. The Bertz CT molecular complexity index is 1400. The summed E-state index contributed by atoms with van der Waals surface area (Å²) < 4.78 is 59.5. The smallest absolute Gasteiger partial charge is 0.337 e. The lowest BCUT2D eigenvalue weighted by Gasteiger charge is -2.29. The number of anilines is 1. The van der Waals surface area contributed by atoms with Crippen molar-refractivity contribution >= 4 is 30.0 Å². The van der Waals surface area contributed by atoms with Crippen LogP contribution in [0.4, 0.5) is 10.3 Å². The van der Waals surface area contributed by atoms with Gasteiger partial charge in [-0.1, -0.05) is 49.1 Å². The Labute approximate surface area is 224 Å².